The van der Waals surface area contributed by atoms with Crippen molar-refractivity contribution >= 4 is 34.2 Å². The highest BCUT2D eigenvalue weighted by atomic mass is 28.4. The first kappa shape index (κ1) is 36.0. The molecule has 0 aromatic carbocycles. The van der Waals surface area contributed by atoms with Gasteiger partial charge in [-0.25, -0.2) is 4.99 Å². The quantitative estimate of drug-likeness (QED) is 0.140. The highest BCUT2D eigenvalue weighted by Gasteiger charge is 2.37. The monoisotopic (exact) mass is 583 g/mol. The number of nitrogens with one attached hydrogen (secondary N) is 1. The van der Waals surface area contributed by atoms with Gasteiger partial charge in [-0.2, -0.15) is 0 Å². The summed E-state index contributed by atoms with van der Waals surface area (Å²) in [4.78, 5) is 29.7. The zero-order chi connectivity index (χ0) is 29.9. The molecule has 0 saturated heterocycles. The summed E-state index contributed by atoms with van der Waals surface area (Å²) in [6, 6.07) is -0.106. The second-order valence-electron chi connectivity index (χ2n) is 14.6. The maximum Gasteiger partial charge on any atom is 0.191 e. The molecule has 0 radical (unpaired) electrons. The van der Waals surface area contributed by atoms with Crippen LogP contribution in [0.5, 0.6) is 0 Å². The summed E-state index contributed by atoms with van der Waals surface area (Å²) < 4.78 is 12.4. The van der Waals surface area contributed by atoms with Crippen LogP contribution in [0.3, 0.4) is 0 Å². The number of carbonyl (C=O) groups excluding carboxylic acids is 2. The number of ketones is 2. The smallest absolute Gasteiger partial charge is 0.191 e. The van der Waals surface area contributed by atoms with Crippen molar-refractivity contribution in [2.45, 2.75) is 161 Å². The summed E-state index contributed by atoms with van der Waals surface area (Å²) in [6.45, 7) is 24.1. The van der Waals surface area contributed by atoms with Crippen LogP contribution in [0.25, 0.3) is 0 Å². The van der Waals surface area contributed by atoms with Gasteiger partial charge in [-0.05, 0) is 74.8 Å². The molecule has 0 aliphatic carbocycles. The van der Waals surface area contributed by atoms with E-state index in [1.807, 2.05) is 0 Å². The van der Waals surface area contributed by atoms with E-state index < -0.39 is 16.6 Å². The van der Waals surface area contributed by atoms with Crippen LogP contribution in [0.15, 0.2) is 4.99 Å². The van der Waals surface area contributed by atoms with Gasteiger partial charge in [0.2, 0.25) is 0 Å². The maximum absolute atomic E-state index is 12.6. The molecule has 0 bridgehead atoms. The summed E-state index contributed by atoms with van der Waals surface area (Å²) in [7, 11) is -3.42. The molecular formula is C30H61N3O4Si2. The van der Waals surface area contributed by atoms with E-state index in [9.17, 15) is 9.59 Å². The lowest BCUT2D eigenvalue weighted by Gasteiger charge is -2.36. The molecule has 0 aromatic rings. The third-order valence-corrected chi connectivity index (χ3v) is 18.0. The molecule has 7 nitrogen and oxygen atoms in total. The van der Waals surface area contributed by atoms with Gasteiger partial charge in [0.15, 0.2) is 22.6 Å². The molecule has 9 heteroatoms. The molecular weight excluding hydrogens is 523 g/mol. The molecule has 0 amide bonds. The van der Waals surface area contributed by atoms with Gasteiger partial charge in [0.1, 0.15) is 11.6 Å². The van der Waals surface area contributed by atoms with Crippen molar-refractivity contribution in [1.82, 2.24) is 5.32 Å². The van der Waals surface area contributed by atoms with Crippen LogP contribution in [0.1, 0.15) is 112 Å². The third-order valence-electron chi connectivity index (χ3n) is 8.95. The standard InChI is InChI=1S/C30H61N3O4Si2/c1-29(2,3)38(7,8)36-20-14-11-12-16-26(34)22-24-18-19-25(33-28(31)32-24)23-27(35)17-13-15-21-37-39(9,10)30(4,5)6/h24-25H,11-23H2,1-10H3,(H3,31,32,33). The molecule has 0 aromatic heterocycles. The molecule has 1 aliphatic heterocycles. The predicted molar refractivity (Wildman–Crippen MR) is 169 cm³/mol. The minimum Gasteiger partial charge on any atom is -0.417 e. The first-order valence-corrected chi connectivity index (χ1v) is 21.1. The molecule has 2 unspecified atom stereocenters. The van der Waals surface area contributed by atoms with E-state index in [4.69, 9.17) is 14.6 Å². The summed E-state index contributed by atoms with van der Waals surface area (Å²) in [5.41, 5.74) is 6.10. The number of Topliss-reactive ketones (excluding diaryl/α,β-unsaturated/α-hetero) is 2. The Morgan fingerprint density at radius 2 is 1.26 bits per heavy atom. The Labute approximate surface area is 242 Å². The first-order valence-electron chi connectivity index (χ1n) is 15.3. The van der Waals surface area contributed by atoms with E-state index >= 15 is 0 Å². The summed E-state index contributed by atoms with van der Waals surface area (Å²) in [6.07, 6.45) is 8.27. The molecule has 1 heterocycles. The largest absolute Gasteiger partial charge is 0.417 e. The number of guanidine groups is 1. The number of unbranched alkanes of at least 4 members (excludes halogenated alkanes) is 3. The Morgan fingerprint density at radius 1 is 0.795 bits per heavy atom. The van der Waals surface area contributed by atoms with Gasteiger partial charge in [-0.15, -0.1) is 0 Å². The SMILES string of the molecule is CC(C)(C)[Si](C)(C)OCCCCCC(=O)CC1CCC(CC(=O)CCCCO[Si](C)(C)C(C)(C)C)N=C(N)N1. The maximum atomic E-state index is 12.6. The van der Waals surface area contributed by atoms with Crippen LogP contribution < -0.4 is 11.1 Å². The second kappa shape index (κ2) is 15.8. The normalized spacial score (nSPS) is 19.3. The second-order valence-corrected chi connectivity index (χ2v) is 24.2. The van der Waals surface area contributed by atoms with Crippen LogP contribution >= 0.6 is 0 Å². The number of aliphatic imine (C=N–C) groups is 1. The van der Waals surface area contributed by atoms with Gasteiger partial charge in [0.05, 0.1) is 6.04 Å². The number of rotatable bonds is 17. The average Bonchev–Trinajstić information content (AvgIpc) is 2.94. The Morgan fingerprint density at radius 3 is 1.77 bits per heavy atom. The van der Waals surface area contributed by atoms with Crippen molar-refractivity contribution in [3.63, 3.8) is 0 Å². The van der Waals surface area contributed by atoms with Crippen LogP contribution in [0, 0.1) is 0 Å². The highest BCUT2D eigenvalue weighted by Crippen LogP contribution is 2.37. The fourth-order valence-corrected chi connectivity index (χ4v) is 6.30. The Hall–Kier alpha value is -1.04. The Kier molecular flexibility index (Phi) is 14.6. The number of hydrogen-bond donors (Lipinski definition) is 2. The highest BCUT2D eigenvalue weighted by molar-refractivity contribution is 6.74. The van der Waals surface area contributed by atoms with Gasteiger partial charge < -0.3 is 19.9 Å². The minimum atomic E-state index is -1.73. The molecule has 2 atom stereocenters. The molecule has 3 N–H and O–H groups in total. The zero-order valence-corrected chi connectivity index (χ0v) is 29.0. The zero-order valence-electron chi connectivity index (χ0n) is 27.0. The fourth-order valence-electron chi connectivity index (χ4n) is 4.13. The minimum absolute atomic E-state index is 0.00393. The molecule has 1 rings (SSSR count). The van der Waals surface area contributed by atoms with Crippen molar-refractivity contribution in [1.29, 1.82) is 0 Å². The van der Waals surface area contributed by atoms with Gasteiger partial charge >= 0.3 is 0 Å². The van der Waals surface area contributed by atoms with Crippen molar-refractivity contribution < 1.29 is 18.4 Å². The lowest BCUT2D eigenvalue weighted by atomic mass is 9.97. The summed E-state index contributed by atoms with van der Waals surface area (Å²) >= 11 is 0. The van der Waals surface area contributed by atoms with Crippen molar-refractivity contribution in [2.24, 2.45) is 10.7 Å². The van der Waals surface area contributed by atoms with E-state index in [2.05, 4.69) is 78.0 Å². The molecule has 39 heavy (non-hydrogen) atoms. The summed E-state index contributed by atoms with van der Waals surface area (Å²) in [5, 5.41) is 3.64. The van der Waals surface area contributed by atoms with E-state index in [0.29, 0.717) is 31.6 Å². The molecule has 0 fully saturated rings. The van der Waals surface area contributed by atoms with Gasteiger partial charge in [-0.3, -0.25) is 9.59 Å². The van der Waals surface area contributed by atoms with E-state index in [0.717, 1.165) is 58.2 Å². The first-order chi connectivity index (χ1) is 17.8. The van der Waals surface area contributed by atoms with Gasteiger partial charge in [0, 0.05) is 44.9 Å². The van der Waals surface area contributed by atoms with Crippen molar-refractivity contribution in [3.05, 3.63) is 0 Å². The molecule has 1 aliphatic rings. The number of nitrogens with zero attached hydrogens (tertiary/aromatic N) is 1. The van der Waals surface area contributed by atoms with Gasteiger partial charge in [-0.1, -0.05) is 48.0 Å². The van der Waals surface area contributed by atoms with Crippen LogP contribution in [0.4, 0.5) is 0 Å². The van der Waals surface area contributed by atoms with Crippen molar-refractivity contribution in [2.75, 3.05) is 13.2 Å². The average molecular weight is 584 g/mol. The number of hydrogen-bond acceptors (Lipinski definition) is 7. The lowest BCUT2D eigenvalue weighted by molar-refractivity contribution is -0.120. The van der Waals surface area contributed by atoms with Crippen LogP contribution in [-0.4, -0.2) is 59.5 Å². The van der Waals surface area contributed by atoms with Crippen molar-refractivity contribution in [3.8, 4) is 0 Å². The fraction of sp³-hybridized carbons (Fsp3) is 0.900. The van der Waals surface area contributed by atoms with E-state index in [1.165, 1.54) is 0 Å². The van der Waals surface area contributed by atoms with Crippen LogP contribution in [-0.2, 0) is 18.4 Å². The third kappa shape index (κ3) is 13.9. The van der Waals surface area contributed by atoms with Gasteiger partial charge in [0.25, 0.3) is 0 Å². The topological polar surface area (TPSA) is 103 Å². The molecule has 0 spiro atoms. The Bertz CT molecular complexity index is 801. The Balaban J connectivity index is 2.27. The lowest BCUT2D eigenvalue weighted by Crippen LogP contribution is -2.40. The van der Waals surface area contributed by atoms with Crippen LogP contribution in [0.2, 0.25) is 36.3 Å². The molecule has 0 saturated carbocycles. The summed E-state index contributed by atoms with van der Waals surface area (Å²) in [5.74, 6) is 0.852. The number of carbonyl (C=O) groups is 2. The molecule has 228 valence electrons. The van der Waals surface area contributed by atoms with E-state index in [-0.39, 0.29) is 33.7 Å². The predicted octanol–water partition coefficient (Wildman–Crippen LogP) is 7.11. The number of nitrogens with two attached hydrogens (primary N) is 1. The van der Waals surface area contributed by atoms with E-state index in [1.54, 1.807) is 0 Å².